The first-order valence-electron chi connectivity index (χ1n) is 5.64. The molecule has 0 radical (unpaired) electrons. The van der Waals surface area contributed by atoms with Gasteiger partial charge < -0.3 is 10.2 Å². The summed E-state index contributed by atoms with van der Waals surface area (Å²) in [5.74, 6) is -0.269. The minimum absolute atomic E-state index is 0.116. The van der Waals surface area contributed by atoms with Gasteiger partial charge in [-0.1, -0.05) is 23.7 Å². The van der Waals surface area contributed by atoms with Crippen LogP contribution in [0.3, 0.4) is 0 Å². The number of rotatable bonds is 2. The fourth-order valence-corrected chi connectivity index (χ4v) is 1.80. The molecule has 2 rings (SSSR count). The van der Waals surface area contributed by atoms with Crippen molar-refractivity contribution in [1.29, 1.82) is 0 Å². The van der Waals surface area contributed by atoms with Crippen molar-refractivity contribution in [2.75, 3.05) is 19.6 Å². The van der Waals surface area contributed by atoms with Crippen LogP contribution in [0.1, 0.15) is 5.56 Å². The monoisotopic (exact) mass is 264 g/mol. The van der Waals surface area contributed by atoms with E-state index in [2.05, 4.69) is 5.32 Å². The highest BCUT2D eigenvalue weighted by atomic mass is 35.5. The Morgan fingerprint density at radius 1 is 1.33 bits per heavy atom. The maximum Gasteiger partial charge on any atom is 0.247 e. The van der Waals surface area contributed by atoms with Gasteiger partial charge in [-0.15, -0.1) is 0 Å². The average molecular weight is 265 g/mol. The second kappa shape index (κ2) is 5.69. The van der Waals surface area contributed by atoms with E-state index in [0.29, 0.717) is 18.1 Å². The molecule has 0 saturated carbocycles. The Balaban J connectivity index is 1.98. The van der Waals surface area contributed by atoms with E-state index in [1.54, 1.807) is 18.2 Å². The summed E-state index contributed by atoms with van der Waals surface area (Å²) in [6, 6.07) is 7.18. The Morgan fingerprint density at radius 3 is 2.72 bits per heavy atom. The lowest BCUT2D eigenvalue weighted by molar-refractivity contribution is -0.134. The highest BCUT2D eigenvalue weighted by Gasteiger charge is 2.18. The van der Waals surface area contributed by atoms with Crippen LogP contribution in [0.25, 0.3) is 6.08 Å². The van der Waals surface area contributed by atoms with E-state index in [1.165, 1.54) is 11.0 Å². The fraction of sp³-hybridized carbons (Fsp3) is 0.231. The smallest absolute Gasteiger partial charge is 0.247 e. The van der Waals surface area contributed by atoms with Gasteiger partial charge in [0.2, 0.25) is 11.8 Å². The van der Waals surface area contributed by atoms with Crippen LogP contribution in [-0.4, -0.2) is 36.3 Å². The first kappa shape index (κ1) is 12.6. The fourth-order valence-electron chi connectivity index (χ4n) is 1.67. The van der Waals surface area contributed by atoms with Crippen molar-refractivity contribution in [3.63, 3.8) is 0 Å². The maximum atomic E-state index is 11.8. The Hall–Kier alpha value is -1.81. The number of nitrogens with zero attached hydrogens (tertiary/aromatic N) is 1. The van der Waals surface area contributed by atoms with Gasteiger partial charge in [0.15, 0.2) is 0 Å². The molecule has 0 unspecified atom stereocenters. The molecule has 0 atom stereocenters. The van der Waals surface area contributed by atoms with Gasteiger partial charge in [0.05, 0.1) is 6.54 Å². The second-order valence-electron chi connectivity index (χ2n) is 3.99. The maximum absolute atomic E-state index is 11.8. The molecule has 0 aliphatic carbocycles. The SMILES string of the molecule is O=C1CN(C(=O)/C=C\c2ccc(Cl)cc2)CCN1. The minimum atomic E-state index is -0.153. The molecule has 1 saturated heterocycles. The van der Waals surface area contributed by atoms with Crippen LogP contribution in [0.2, 0.25) is 5.02 Å². The molecule has 1 aromatic rings. The lowest BCUT2D eigenvalue weighted by Crippen LogP contribution is -2.49. The second-order valence-corrected chi connectivity index (χ2v) is 4.43. The highest BCUT2D eigenvalue weighted by molar-refractivity contribution is 6.30. The summed E-state index contributed by atoms with van der Waals surface area (Å²) in [4.78, 5) is 24.5. The Morgan fingerprint density at radius 2 is 2.06 bits per heavy atom. The van der Waals surface area contributed by atoms with Crippen LogP contribution < -0.4 is 5.32 Å². The molecule has 5 heteroatoms. The zero-order valence-electron chi connectivity index (χ0n) is 9.73. The lowest BCUT2D eigenvalue weighted by Gasteiger charge is -2.25. The zero-order valence-corrected chi connectivity index (χ0v) is 10.5. The number of piperazine rings is 1. The summed E-state index contributed by atoms with van der Waals surface area (Å²) in [6.07, 6.45) is 3.19. The van der Waals surface area contributed by atoms with E-state index in [0.717, 1.165) is 5.56 Å². The van der Waals surface area contributed by atoms with Gasteiger partial charge in [-0.05, 0) is 23.8 Å². The van der Waals surface area contributed by atoms with Gasteiger partial charge in [0.25, 0.3) is 0 Å². The van der Waals surface area contributed by atoms with Crippen molar-refractivity contribution in [3.8, 4) is 0 Å². The van der Waals surface area contributed by atoms with E-state index in [4.69, 9.17) is 11.6 Å². The summed E-state index contributed by atoms with van der Waals surface area (Å²) in [5.41, 5.74) is 0.897. The molecule has 0 spiro atoms. The Kier molecular flexibility index (Phi) is 3.99. The largest absolute Gasteiger partial charge is 0.353 e. The van der Waals surface area contributed by atoms with Crippen molar-refractivity contribution in [2.24, 2.45) is 0 Å². The van der Waals surface area contributed by atoms with Gasteiger partial charge in [-0.25, -0.2) is 0 Å². The third-order valence-corrected chi connectivity index (χ3v) is 2.89. The standard InChI is InChI=1S/C13H13ClN2O2/c14-11-4-1-10(2-5-11)3-6-13(18)16-8-7-15-12(17)9-16/h1-6H,7-9H2,(H,15,17)/b6-3-. The van der Waals surface area contributed by atoms with Crippen molar-refractivity contribution < 1.29 is 9.59 Å². The molecule has 0 aromatic heterocycles. The molecule has 0 bridgehead atoms. The van der Waals surface area contributed by atoms with Crippen molar-refractivity contribution >= 4 is 29.5 Å². The van der Waals surface area contributed by atoms with Crippen LogP contribution >= 0.6 is 11.6 Å². The first-order chi connectivity index (χ1) is 8.65. The highest BCUT2D eigenvalue weighted by Crippen LogP contribution is 2.10. The molecule has 1 N–H and O–H groups in total. The first-order valence-corrected chi connectivity index (χ1v) is 6.02. The van der Waals surface area contributed by atoms with Gasteiger partial charge in [-0.3, -0.25) is 9.59 Å². The molecule has 2 amide bonds. The molecule has 18 heavy (non-hydrogen) atoms. The number of nitrogens with one attached hydrogen (secondary N) is 1. The van der Waals surface area contributed by atoms with Crippen LogP contribution in [0.15, 0.2) is 30.3 Å². The summed E-state index contributed by atoms with van der Waals surface area (Å²) in [6.45, 7) is 1.19. The third kappa shape index (κ3) is 3.34. The van der Waals surface area contributed by atoms with Crippen molar-refractivity contribution in [3.05, 3.63) is 40.9 Å². The Bertz CT molecular complexity index is 482. The van der Waals surface area contributed by atoms with E-state index < -0.39 is 0 Å². The molecular weight excluding hydrogens is 252 g/mol. The number of carbonyl (C=O) groups is 2. The molecule has 1 aromatic carbocycles. The molecule has 1 heterocycles. The number of halogens is 1. The van der Waals surface area contributed by atoms with Gasteiger partial charge in [0, 0.05) is 24.2 Å². The number of amides is 2. The van der Waals surface area contributed by atoms with E-state index >= 15 is 0 Å². The van der Waals surface area contributed by atoms with Crippen LogP contribution in [0, 0.1) is 0 Å². The summed E-state index contributed by atoms with van der Waals surface area (Å²) in [5, 5.41) is 3.33. The molecule has 4 nitrogen and oxygen atoms in total. The minimum Gasteiger partial charge on any atom is -0.353 e. The summed E-state index contributed by atoms with van der Waals surface area (Å²) >= 11 is 5.77. The van der Waals surface area contributed by atoms with Crippen molar-refractivity contribution in [1.82, 2.24) is 10.2 Å². The molecule has 1 aliphatic rings. The molecule has 94 valence electrons. The molecule has 1 fully saturated rings. The Labute approximate surface area is 110 Å². The summed E-state index contributed by atoms with van der Waals surface area (Å²) < 4.78 is 0. The van der Waals surface area contributed by atoms with E-state index in [9.17, 15) is 9.59 Å². The number of benzene rings is 1. The van der Waals surface area contributed by atoms with Gasteiger partial charge >= 0.3 is 0 Å². The molecular formula is C13H13ClN2O2. The van der Waals surface area contributed by atoms with E-state index in [-0.39, 0.29) is 18.4 Å². The van der Waals surface area contributed by atoms with Crippen LogP contribution in [0.5, 0.6) is 0 Å². The number of hydrogen-bond donors (Lipinski definition) is 1. The zero-order chi connectivity index (χ0) is 13.0. The van der Waals surface area contributed by atoms with Crippen LogP contribution in [-0.2, 0) is 9.59 Å². The number of carbonyl (C=O) groups excluding carboxylic acids is 2. The number of hydrogen-bond acceptors (Lipinski definition) is 2. The van der Waals surface area contributed by atoms with E-state index in [1.807, 2.05) is 12.1 Å². The predicted molar refractivity (Wildman–Crippen MR) is 70.1 cm³/mol. The van der Waals surface area contributed by atoms with Gasteiger partial charge in [-0.2, -0.15) is 0 Å². The normalized spacial score (nSPS) is 15.8. The predicted octanol–water partition coefficient (Wildman–Crippen LogP) is 1.31. The molecule has 1 aliphatic heterocycles. The lowest BCUT2D eigenvalue weighted by atomic mass is 10.2. The van der Waals surface area contributed by atoms with Crippen LogP contribution in [0.4, 0.5) is 0 Å². The van der Waals surface area contributed by atoms with Gasteiger partial charge in [0.1, 0.15) is 0 Å². The third-order valence-electron chi connectivity index (χ3n) is 2.64. The van der Waals surface area contributed by atoms with Crippen molar-refractivity contribution in [2.45, 2.75) is 0 Å². The quantitative estimate of drug-likeness (QED) is 0.819. The topological polar surface area (TPSA) is 49.4 Å². The average Bonchev–Trinajstić information content (AvgIpc) is 2.38. The summed E-state index contributed by atoms with van der Waals surface area (Å²) in [7, 11) is 0.